The van der Waals surface area contributed by atoms with Gasteiger partial charge in [-0.25, -0.2) is 0 Å². The van der Waals surface area contributed by atoms with Crippen LogP contribution in [-0.2, 0) is 11.0 Å². The van der Waals surface area contributed by atoms with Crippen LogP contribution in [0, 0.1) is 0 Å². The first-order valence-corrected chi connectivity index (χ1v) is 9.24. The molecule has 2 atom stereocenters. The van der Waals surface area contributed by atoms with Crippen molar-refractivity contribution in [3.63, 3.8) is 0 Å². The third-order valence-electron chi connectivity index (χ3n) is 5.47. The molecule has 2 aliphatic rings. The van der Waals surface area contributed by atoms with Gasteiger partial charge in [-0.1, -0.05) is 19.1 Å². The fourth-order valence-electron chi connectivity index (χ4n) is 3.82. The van der Waals surface area contributed by atoms with Crippen LogP contribution in [0.15, 0.2) is 24.3 Å². The molecular weight excluding hydrogens is 379 g/mol. The van der Waals surface area contributed by atoms with Crippen LogP contribution in [0.25, 0.3) is 0 Å². The fourth-order valence-corrected chi connectivity index (χ4v) is 3.82. The quantitative estimate of drug-likeness (QED) is 0.836. The lowest BCUT2D eigenvalue weighted by molar-refractivity contribution is -0.137. The second-order valence-corrected chi connectivity index (χ2v) is 7.29. The largest absolute Gasteiger partial charge is 0.416 e. The van der Waals surface area contributed by atoms with Crippen LogP contribution in [0.2, 0.25) is 0 Å². The molecule has 2 saturated heterocycles. The molecule has 0 bridgehead atoms. The van der Waals surface area contributed by atoms with Crippen molar-refractivity contribution in [1.82, 2.24) is 15.1 Å². The highest BCUT2D eigenvalue weighted by atomic mass is 35.5. The van der Waals surface area contributed by atoms with Gasteiger partial charge in [0.2, 0.25) is 5.91 Å². The molecule has 3 rings (SSSR count). The maximum Gasteiger partial charge on any atom is 0.416 e. The predicted octanol–water partition coefficient (Wildman–Crippen LogP) is 3.13. The van der Waals surface area contributed by atoms with E-state index in [-0.39, 0.29) is 24.2 Å². The van der Waals surface area contributed by atoms with E-state index in [9.17, 15) is 18.0 Å². The van der Waals surface area contributed by atoms with Gasteiger partial charge in [-0.2, -0.15) is 13.2 Å². The highest BCUT2D eigenvalue weighted by Gasteiger charge is 2.32. The lowest BCUT2D eigenvalue weighted by Gasteiger charge is -2.32. The second-order valence-electron chi connectivity index (χ2n) is 7.29. The Morgan fingerprint density at radius 1 is 1.19 bits per heavy atom. The highest BCUT2D eigenvalue weighted by Crippen LogP contribution is 2.31. The first-order valence-electron chi connectivity index (χ1n) is 9.24. The Hall–Kier alpha value is -1.31. The SMILES string of the molecule is CC(CC(=O)N1CCC(N2CCNCC2)C1)c1ccc(C(F)(F)F)cc1.Cl. The smallest absolute Gasteiger partial charge is 0.341 e. The predicted molar refractivity (Wildman–Crippen MR) is 101 cm³/mol. The Labute approximate surface area is 164 Å². The van der Waals surface area contributed by atoms with E-state index in [1.165, 1.54) is 12.1 Å². The van der Waals surface area contributed by atoms with E-state index in [4.69, 9.17) is 0 Å². The van der Waals surface area contributed by atoms with E-state index in [0.717, 1.165) is 63.4 Å². The van der Waals surface area contributed by atoms with E-state index in [0.29, 0.717) is 12.5 Å². The molecule has 152 valence electrons. The molecule has 1 amide bonds. The molecule has 0 radical (unpaired) electrons. The molecule has 8 heteroatoms. The number of hydrogen-bond acceptors (Lipinski definition) is 3. The number of alkyl halides is 3. The summed E-state index contributed by atoms with van der Waals surface area (Å²) in [5.74, 6) is -0.00180. The van der Waals surface area contributed by atoms with Crippen LogP contribution in [0.5, 0.6) is 0 Å². The van der Waals surface area contributed by atoms with Gasteiger partial charge in [0.1, 0.15) is 0 Å². The Balaban J connectivity index is 0.00000261. The second kappa shape index (κ2) is 9.26. The average molecular weight is 406 g/mol. The Morgan fingerprint density at radius 3 is 2.41 bits per heavy atom. The molecule has 1 aromatic carbocycles. The molecule has 0 saturated carbocycles. The van der Waals surface area contributed by atoms with Crippen molar-refractivity contribution in [2.24, 2.45) is 0 Å². The number of halogens is 4. The summed E-state index contributed by atoms with van der Waals surface area (Å²) in [6.07, 6.45) is -2.99. The fraction of sp³-hybridized carbons (Fsp3) is 0.632. The molecular formula is C19H27ClF3N3O. The minimum Gasteiger partial charge on any atom is -0.341 e. The number of benzene rings is 1. The van der Waals surface area contributed by atoms with Crippen LogP contribution < -0.4 is 5.32 Å². The topological polar surface area (TPSA) is 35.6 Å². The number of amides is 1. The third-order valence-corrected chi connectivity index (χ3v) is 5.47. The summed E-state index contributed by atoms with van der Waals surface area (Å²) in [4.78, 5) is 17.0. The number of likely N-dealkylation sites (tertiary alicyclic amines) is 1. The molecule has 2 unspecified atom stereocenters. The molecule has 2 fully saturated rings. The maximum absolute atomic E-state index is 12.7. The maximum atomic E-state index is 12.7. The lowest BCUT2D eigenvalue weighted by atomic mass is 9.96. The zero-order valence-corrected chi connectivity index (χ0v) is 16.3. The van der Waals surface area contributed by atoms with E-state index in [1.54, 1.807) is 0 Å². The third kappa shape index (κ3) is 5.59. The summed E-state index contributed by atoms with van der Waals surface area (Å²) >= 11 is 0. The lowest BCUT2D eigenvalue weighted by Crippen LogP contribution is -2.49. The molecule has 0 aromatic heterocycles. The molecule has 27 heavy (non-hydrogen) atoms. The van der Waals surface area contributed by atoms with Gasteiger partial charge in [0, 0.05) is 51.7 Å². The number of hydrogen-bond donors (Lipinski definition) is 1. The van der Waals surface area contributed by atoms with Gasteiger partial charge in [0.25, 0.3) is 0 Å². The number of piperazine rings is 1. The van der Waals surface area contributed by atoms with E-state index < -0.39 is 11.7 Å². The zero-order chi connectivity index (χ0) is 18.7. The summed E-state index contributed by atoms with van der Waals surface area (Å²) in [6, 6.07) is 5.57. The van der Waals surface area contributed by atoms with Crippen molar-refractivity contribution >= 4 is 18.3 Å². The van der Waals surface area contributed by atoms with Crippen molar-refractivity contribution in [1.29, 1.82) is 0 Å². The summed E-state index contributed by atoms with van der Waals surface area (Å²) in [6.45, 7) is 7.46. The highest BCUT2D eigenvalue weighted by molar-refractivity contribution is 5.85. The Kier molecular flexibility index (Phi) is 7.54. The van der Waals surface area contributed by atoms with Crippen LogP contribution >= 0.6 is 12.4 Å². The molecule has 1 N–H and O–H groups in total. The minimum atomic E-state index is -4.33. The normalized spacial score (nSPS) is 22.4. The van der Waals surface area contributed by atoms with Crippen LogP contribution in [0.3, 0.4) is 0 Å². The average Bonchev–Trinajstić information content (AvgIpc) is 3.12. The van der Waals surface area contributed by atoms with Crippen molar-refractivity contribution in [2.45, 2.75) is 37.9 Å². The number of carbonyl (C=O) groups is 1. The summed E-state index contributed by atoms with van der Waals surface area (Å²) < 4.78 is 38.0. The number of rotatable bonds is 4. The van der Waals surface area contributed by atoms with Crippen molar-refractivity contribution in [3.8, 4) is 0 Å². The Bertz CT molecular complexity index is 618. The number of nitrogens with zero attached hydrogens (tertiary/aromatic N) is 2. The van der Waals surface area contributed by atoms with E-state index in [1.807, 2.05) is 11.8 Å². The van der Waals surface area contributed by atoms with Gasteiger partial charge in [-0.3, -0.25) is 9.69 Å². The van der Waals surface area contributed by atoms with Gasteiger partial charge in [-0.05, 0) is 30.0 Å². The summed E-state index contributed by atoms with van der Waals surface area (Å²) in [5, 5.41) is 3.34. The van der Waals surface area contributed by atoms with Crippen molar-refractivity contribution in [2.75, 3.05) is 39.3 Å². The van der Waals surface area contributed by atoms with E-state index >= 15 is 0 Å². The van der Waals surface area contributed by atoms with E-state index in [2.05, 4.69) is 10.2 Å². The standard InChI is InChI=1S/C19H26F3N3O.ClH/c1-14(15-2-4-16(5-3-15)19(20,21)22)12-18(26)25-9-6-17(13-25)24-10-7-23-8-11-24;/h2-5,14,17,23H,6-13H2,1H3;1H. The molecule has 0 aliphatic carbocycles. The molecule has 2 aliphatic heterocycles. The van der Waals surface area contributed by atoms with Crippen LogP contribution in [0.4, 0.5) is 13.2 Å². The zero-order valence-electron chi connectivity index (χ0n) is 15.5. The minimum absolute atomic E-state index is 0. The summed E-state index contributed by atoms with van der Waals surface area (Å²) in [5.41, 5.74) is 0.113. The van der Waals surface area contributed by atoms with Gasteiger partial charge in [0.05, 0.1) is 5.56 Å². The van der Waals surface area contributed by atoms with Gasteiger partial charge >= 0.3 is 6.18 Å². The molecule has 2 heterocycles. The van der Waals surface area contributed by atoms with Crippen molar-refractivity contribution < 1.29 is 18.0 Å². The first-order chi connectivity index (χ1) is 12.3. The van der Waals surface area contributed by atoms with Gasteiger partial charge < -0.3 is 10.2 Å². The van der Waals surface area contributed by atoms with Gasteiger partial charge in [-0.15, -0.1) is 12.4 Å². The van der Waals surface area contributed by atoms with Crippen LogP contribution in [0.1, 0.15) is 36.8 Å². The molecule has 0 spiro atoms. The number of nitrogens with one attached hydrogen (secondary N) is 1. The van der Waals surface area contributed by atoms with Crippen molar-refractivity contribution in [3.05, 3.63) is 35.4 Å². The summed E-state index contributed by atoms with van der Waals surface area (Å²) in [7, 11) is 0. The van der Waals surface area contributed by atoms with Gasteiger partial charge in [0.15, 0.2) is 0 Å². The first kappa shape index (κ1) is 22.0. The number of carbonyl (C=O) groups excluding carboxylic acids is 1. The monoisotopic (exact) mass is 405 g/mol. The van der Waals surface area contributed by atoms with Crippen LogP contribution in [-0.4, -0.2) is 61.0 Å². The molecule has 1 aromatic rings. The Morgan fingerprint density at radius 2 is 1.81 bits per heavy atom. The molecule has 4 nitrogen and oxygen atoms in total.